The fourth-order valence-electron chi connectivity index (χ4n) is 4.50. The normalized spacial score (nSPS) is 11.1. The zero-order chi connectivity index (χ0) is 28.7. The van der Waals surface area contributed by atoms with E-state index in [0.29, 0.717) is 21.3 Å². The minimum atomic E-state index is -0.691. The number of fused-ring (bicyclic) bond motifs is 1. The van der Waals surface area contributed by atoms with Gasteiger partial charge in [0.1, 0.15) is 23.6 Å². The van der Waals surface area contributed by atoms with E-state index in [9.17, 15) is 14.0 Å². The first kappa shape index (κ1) is 26.6. The van der Waals surface area contributed by atoms with Crippen molar-refractivity contribution in [2.75, 3.05) is 5.32 Å². The summed E-state index contributed by atoms with van der Waals surface area (Å²) < 4.78 is 32.3. The topological polar surface area (TPSA) is 89.8 Å². The van der Waals surface area contributed by atoms with Crippen molar-refractivity contribution >= 4 is 49.1 Å². The Kier molecular flexibility index (Phi) is 6.98. The smallest absolute Gasteiger partial charge is 0.276 e. The van der Waals surface area contributed by atoms with Crippen LogP contribution in [0.1, 0.15) is 16.1 Å². The highest BCUT2D eigenvalue weighted by molar-refractivity contribution is 9.10. The molecule has 3 heterocycles. The zero-order valence-corrected chi connectivity index (χ0v) is 23.6. The van der Waals surface area contributed by atoms with Crippen LogP contribution in [-0.2, 0) is 0 Å². The van der Waals surface area contributed by atoms with Crippen molar-refractivity contribution < 1.29 is 13.6 Å². The number of carbonyl (C=O) groups excluding carboxylic acids is 1. The van der Waals surface area contributed by atoms with Gasteiger partial charge in [0, 0.05) is 27.4 Å². The molecule has 1 N–H and O–H groups in total. The lowest BCUT2D eigenvalue weighted by atomic mass is 9.96. The Labute approximate surface area is 244 Å². The summed E-state index contributed by atoms with van der Waals surface area (Å²) in [6.07, 6.45) is 1.49. The molecule has 0 spiro atoms. The minimum Gasteiger partial charge on any atom is -0.320 e. The number of hydrogen-bond acceptors (Lipinski definition) is 6. The molecule has 0 bridgehead atoms. The van der Waals surface area contributed by atoms with Crippen LogP contribution in [0, 0.1) is 18.6 Å². The molecular formula is C30H18BrF2N5O2S. The van der Waals surface area contributed by atoms with E-state index in [1.54, 1.807) is 25.1 Å². The molecule has 1 amide bonds. The number of hydrogen-bond donors (Lipinski definition) is 1. The van der Waals surface area contributed by atoms with Crippen LogP contribution in [0.5, 0.6) is 0 Å². The minimum absolute atomic E-state index is 0.106. The molecule has 202 valence electrons. The van der Waals surface area contributed by atoms with Gasteiger partial charge in [0.15, 0.2) is 5.69 Å². The summed E-state index contributed by atoms with van der Waals surface area (Å²) in [6.45, 7) is 1.55. The molecule has 0 fully saturated rings. The Morgan fingerprint density at radius 1 is 0.927 bits per heavy atom. The molecule has 0 atom stereocenters. The van der Waals surface area contributed by atoms with Crippen LogP contribution in [0.2, 0.25) is 0 Å². The van der Waals surface area contributed by atoms with Gasteiger partial charge >= 0.3 is 0 Å². The number of rotatable bonds is 5. The van der Waals surface area contributed by atoms with E-state index in [4.69, 9.17) is 0 Å². The second-order valence-electron chi connectivity index (χ2n) is 9.07. The molecule has 0 aliphatic heterocycles. The maximum absolute atomic E-state index is 15.5. The van der Waals surface area contributed by atoms with Gasteiger partial charge in [-0.1, -0.05) is 40.2 Å². The number of amides is 1. The van der Waals surface area contributed by atoms with Gasteiger partial charge in [-0.3, -0.25) is 9.59 Å². The Morgan fingerprint density at radius 2 is 1.73 bits per heavy atom. The van der Waals surface area contributed by atoms with E-state index in [1.165, 1.54) is 41.9 Å². The van der Waals surface area contributed by atoms with Gasteiger partial charge in [-0.2, -0.15) is 9.78 Å². The van der Waals surface area contributed by atoms with Crippen molar-refractivity contribution in [3.8, 4) is 28.1 Å². The summed E-state index contributed by atoms with van der Waals surface area (Å²) >= 11 is 4.69. The van der Waals surface area contributed by atoms with E-state index in [2.05, 4.69) is 36.3 Å². The van der Waals surface area contributed by atoms with E-state index in [0.717, 1.165) is 20.5 Å². The summed E-state index contributed by atoms with van der Waals surface area (Å²) in [5, 5.41) is 8.68. The molecule has 0 aliphatic rings. The van der Waals surface area contributed by atoms with Gasteiger partial charge in [-0.25, -0.2) is 18.7 Å². The van der Waals surface area contributed by atoms with Crippen LogP contribution in [0.3, 0.4) is 0 Å². The number of halogens is 3. The van der Waals surface area contributed by atoms with Gasteiger partial charge in [0.05, 0.1) is 15.9 Å². The number of aromatic nitrogens is 4. The fraction of sp³-hybridized carbons (Fsp3) is 0.0333. The molecule has 0 saturated heterocycles. The van der Waals surface area contributed by atoms with Gasteiger partial charge in [0.25, 0.3) is 11.5 Å². The third-order valence-corrected chi connectivity index (χ3v) is 7.82. The largest absolute Gasteiger partial charge is 0.320 e. The monoisotopic (exact) mass is 629 g/mol. The van der Waals surface area contributed by atoms with Crippen molar-refractivity contribution in [2.45, 2.75) is 6.92 Å². The van der Waals surface area contributed by atoms with E-state index in [1.807, 2.05) is 35.7 Å². The number of nitrogens with zero attached hydrogens (tertiary/aromatic N) is 4. The van der Waals surface area contributed by atoms with Crippen LogP contribution in [0.4, 0.5) is 14.5 Å². The quantitative estimate of drug-likeness (QED) is 0.218. The van der Waals surface area contributed by atoms with Crippen molar-refractivity contribution in [2.24, 2.45) is 0 Å². The number of aryl methyl sites for hydroxylation is 1. The molecular weight excluding hydrogens is 612 g/mol. The van der Waals surface area contributed by atoms with Gasteiger partial charge in [0.2, 0.25) is 0 Å². The lowest BCUT2D eigenvalue weighted by Gasteiger charge is -2.13. The Morgan fingerprint density at radius 3 is 2.51 bits per heavy atom. The molecule has 0 aliphatic carbocycles. The van der Waals surface area contributed by atoms with Gasteiger partial charge in [-0.05, 0) is 65.9 Å². The predicted octanol–water partition coefficient (Wildman–Crippen LogP) is 7.17. The first-order valence-electron chi connectivity index (χ1n) is 12.3. The zero-order valence-electron chi connectivity index (χ0n) is 21.2. The Balaban J connectivity index is 1.32. The highest BCUT2D eigenvalue weighted by Gasteiger charge is 2.19. The maximum atomic E-state index is 15.5. The lowest BCUT2D eigenvalue weighted by Crippen LogP contribution is -2.27. The third kappa shape index (κ3) is 5.05. The van der Waals surface area contributed by atoms with Gasteiger partial charge in [-0.15, -0.1) is 11.3 Å². The van der Waals surface area contributed by atoms with Crippen molar-refractivity contribution in [1.82, 2.24) is 19.7 Å². The summed E-state index contributed by atoms with van der Waals surface area (Å²) in [5.41, 5.74) is 2.89. The van der Waals surface area contributed by atoms with Crippen LogP contribution >= 0.6 is 27.3 Å². The van der Waals surface area contributed by atoms with E-state index >= 15 is 4.39 Å². The van der Waals surface area contributed by atoms with Crippen molar-refractivity contribution in [1.29, 1.82) is 0 Å². The number of carbonyl (C=O) groups is 1. The summed E-state index contributed by atoms with van der Waals surface area (Å²) in [6, 6.07) is 19.0. The molecule has 0 saturated carbocycles. The molecule has 41 heavy (non-hydrogen) atoms. The average molecular weight is 630 g/mol. The fourth-order valence-corrected chi connectivity index (χ4v) is 5.68. The molecule has 6 rings (SSSR count). The number of anilines is 1. The Hall–Kier alpha value is -4.61. The second kappa shape index (κ2) is 10.8. The van der Waals surface area contributed by atoms with E-state index in [-0.39, 0.29) is 22.6 Å². The number of benzene rings is 3. The molecule has 7 nitrogen and oxygen atoms in total. The Bertz CT molecular complexity index is 2040. The average Bonchev–Trinajstić information content (AvgIpc) is 3.43. The van der Waals surface area contributed by atoms with Gasteiger partial charge < -0.3 is 5.32 Å². The summed E-state index contributed by atoms with van der Waals surface area (Å²) in [7, 11) is 0. The maximum Gasteiger partial charge on any atom is 0.276 e. The van der Waals surface area contributed by atoms with Crippen LogP contribution in [-0.4, -0.2) is 25.7 Å². The molecule has 3 aromatic heterocycles. The second-order valence-corrected chi connectivity index (χ2v) is 10.9. The highest BCUT2D eigenvalue weighted by Crippen LogP contribution is 2.37. The highest BCUT2D eigenvalue weighted by atomic mass is 79.9. The first-order chi connectivity index (χ1) is 19.8. The van der Waals surface area contributed by atoms with Crippen LogP contribution in [0.15, 0.2) is 93.8 Å². The molecule has 3 aromatic carbocycles. The SMILES string of the molecule is Cc1cc(=O)n(-c2ccc(Br)cc2F)nc1C(=O)Nc1ccc(-c2ccccc2-c2ncnc3ccsc23)c(F)c1. The van der Waals surface area contributed by atoms with Crippen LogP contribution in [0.25, 0.3) is 38.3 Å². The summed E-state index contributed by atoms with van der Waals surface area (Å²) in [4.78, 5) is 34.5. The molecule has 11 heteroatoms. The van der Waals surface area contributed by atoms with Crippen LogP contribution < -0.4 is 10.9 Å². The first-order valence-corrected chi connectivity index (χ1v) is 13.9. The predicted molar refractivity (Wildman–Crippen MR) is 158 cm³/mol. The number of nitrogens with one attached hydrogen (secondary N) is 1. The van der Waals surface area contributed by atoms with E-state index < -0.39 is 23.1 Å². The number of thiophene rings is 1. The molecule has 0 radical (unpaired) electrons. The lowest BCUT2D eigenvalue weighted by molar-refractivity contribution is 0.102. The molecule has 6 aromatic rings. The van der Waals surface area contributed by atoms with Crippen molar-refractivity contribution in [3.63, 3.8) is 0 Å². The standard InChI is InChI=1S/C30H18BrF2N5O2S/c1-16-12-26(39)38(25-9-6-17(31)13-23(25)33)37-27(16)30(40)36-18-7-8-20(22(32)14-18)19-4-2-3-5-21(19)28-29-24(10-11-41-29)34-15-35-28/h2-15H,1H3,(H,36,40). The summed E-state index contributed by atoms with van der Waals surface area (Å²) in [5.74, 6) is -1.93. The van der Waals surface area contributed by atoms with Crippen molar-refractivity contribution in [3.05, 3.63) is 122 Å². The molecule has 0 unspecified atom stereocenters. The third-order valence-electron chi connectivity index (χ3n) is 6.42.